The Balaban J connectivity index is 2.25. The van der Waals surface area contributed by atoms with Gasteiger partial charge in [0.1, 0.15) is 5.00 Å². The molecule has 1 atom stereocenters. The number of hydrogen-bond donors (Lipinski definition) is 3. The van der Waals surface area contributed by atoms with Gasteiger partial charge in [-0.2, -0.15) is 0 Å². The Hall–Kier alpha value is -1.93. The average molecular weight is 354 g/mol. The summed E-state index contributed by atoms with van der Waals surface area (Å²) >= 11 is 1.14. The molecule has 2 amide bonds. The molecule has 1 aliphatic heterocycles. The summed E-state index contributed by atoms with van der Waals surface area (Å²) in [7, 11) is 0. The lowest BCUT2D eigenvalue weighted by Gasteiger charge is -2.30. The number of thiophene rings is 1. The molecule has 24 heavy (non-hydrogen) atoms. The number of rotatable bonds is 4. The number of amides is 2. The monoisotopic (exact) mass is 354 g/mol. The zero-order valence-corrected chi connectivity index (χ0v) is 15.0. The van der Waals surface area contributed by atoms with Gasteiger partial charge in [0.25, 0.3) is 0 Å². The molecule has 0 spiro atoms. The molecule has 0 unspecified atom stereocenters. The number of carbonyl (C=O) groups is 3. The van der Waals surface area contributed by atoms with Crippen LogP contribution < -0.4 is 10.6 Å². The van der Waals surface area contributed by atoms with Crippen LogP contribution in [0.5, 0.6) is 0 Å². The summed E-state index contributed by atoms with van der Waals surface area (Å²) in [6.07, 6.45) is 1.13. The highest BCUT2D eigenvalue weighted by atomic mass is 32.1. The number of carboxylic acid groups (broad SMARTS) is 1. The molecule has 1 aromatic rings. The molecule has 132 valence electrons. The van der Waals surface area contributed by atoms with Crippen molar-refractivity contribution in [2.75, 3.05) is 5.32 Å². The highest BCUT2D eigenvalue weighted by Crippen LogP contribution is 2.40. The van der Waals surface area contributed by atoms with Crippen LogP contribution in [0.4, 0.5) is 5.00 Å². The third-order valence-corrected chi connectivity index (χ3v) is 5.05. The molecule has 2 rings (SSSR count). The van der Waals surface area contributed by atoms with Crippen LogP contribution >= 0.6 is 11.3 Å². The molecule has 0 aromatic carbocycles. The first-order valence-electron chi connectivity index (χ1n) is 7.78. The van der Waals surface area contributed by atoms with Gasteiger partial charge in [-0.3, -0.25) is 9.59 Å². The van der Waals surface area contributed by atoms with Crippen LogP contribution in [-0.4, -0.2) is 34.5 Å². The summed E-state index contributed by atoms with van der Waals surface area (Å²) in [4.78, 5) is 36.3. The number of carbonyl (C=O) groups excluding carboxylic acids is 2. The Bertz CT molecular complexity index is 680. The van der Waals surface area contributed by atoms with Gasteiger partial charge in [0.05, 0.1) is 17.8 Å². The predicted molar refractivity (Wildman–Crippen MR) is 90.4 cm³/mol. The van der Waals surface area contributed by atoms with Crippen LogP contribution in [0.2, 0.25) is 0 Å². The Morgan fingerprint density at radius 1 is 1.33 bits per heavy atom. The molecule has 3 N–H and O–H groups in total. The molecule has 0 fully saturated rings. The number of ether oxygens (including phenoxy) is 1. The molecule has 1 aliphatic rings. The zero-order chi connectivity index (χ0) is 18.1. The normalized spacial score (nSPS) is 16.8. The molecule has 2 heterocycles. The minimum absolute atomic E-state index is 0.0519. The fourth-order valence-electron chi connectivity index (χ4n) is 2.42. The van der Waals surface area contributed by atoms with Crippen LogP contribution in [0.15, 0.2) is 0 Å². The van der Waals surface area contributed by atoms with Gasteiger partial charge < -0.3 is 20.5 Å². The maximum absolute atomic E-state index is 12.0. The third kappa shape index (κ3) is 3.93. The number of fused-ring (bicyclic) bond motifs is 1. The van der Waals surface area contributed by atoms with E-state index < -0.39 is 23.4 Å². The molecule has 0 aliphatic carbocycles. The van der Waals surface area contributed by atoms with E-state index in [1.807, 2.05) is 20.8 Å². The van der Waals surface area contributed by atoms with E-state index >= 15 is 0 Å². The van der Waals surface area contributed by atoms with E-state index in [0.29, 0.717) is 25.0 Å². The van der Waals surface area contributed by atoms with Gasteiger partial charge in [-0.15, -0.1) is 11.3 Å². The second-order valence-corrected chi connectivity index (χ2v) is 7.58. The fourth-order valence-corrected chi connectivity index (χ4v) is 3.54. The molecular formula is C16H22N2O5S. The van der Waals surface area contributed by atoms with Crippen molar-refractivity contribution < 1.29 is 24.2 Å². The lowest BCUT2D eigenvalue weighted by atomic mass is 9.93. The maximum atomic E-state index is 12.0. The molecule has 0 bridgehead atoms. The van der Waals surface area contributed by atoms with Gasteiger partial charge in [0.2, 0.25) is 0 Å². The van der Waals surface area contributed by atoms with Gasteiger partial charge in [-0.25, -0.2) is 4.79 Å². The molecular weight excluding hydrogens is 332 g/mol. The van der Waals surface area contributed by atoms with Crippen molar-refractivity contribution in [1.29, 1.82) is 0 Å². The number of aromatic carboxylic acids is 1. The van der Waals surface area contributed by atoms with Crippen molar-refractivity contribution in [1.82, 2.24) is 5.32 Å². The van der Waals surface area contributed by atoms with Gasteiger partial charge in [-0.1, -0.05) is 6.92 Å². The van der Waals surface area contributed by atoms with Gasteiger partial charge in [0, 0.05) is 17.3 Å². The summed E-state index contributed by atoms with van der Waals surface area (Å²) in [5.41, 5.74) is 0.255. The zero-order valence-electron chi connectivity index (χ0n) is 14.2. The summed E-state index contributed by atoms with van der Waals surface area (Å²) in [6.45, 7) is 7.74. The summed E-state index contributed by atoms with van der Waals surface area (Å²) in [5, 5.41) is 14.7. The second-order valence-electron chi connectivity index (χ2n) is 6.48. The van der Waals surface area contributed by atoms with Crippen LogP contribution in [0.25, 0.3) is 0 Å². The first-order chi connectivity index (χ1) is 11.1. The van der Waals surface area contributed by atoms with Crippen LogP contribution in [-0.2, 0) is 27.4 Å². The van der Waals surface area contributed by atoms with Crippen molar-refractivity contribution in [3.05, 3.63) is 16.0 Å². The van der Waals surface area contributed by atoms with Crippen molar-refractivity contribution >= 4 is 34.1 Å². The van der Waals surface area contributed by atoms with E-state index in [1.54, 1.807) is 6.92 Å². The van der Waals surface area contributed by atoms with Crippen LogP contribution in [0, 0.1) is 0 Å². The predicted octanol–water partition coefficient (Wildman–Crippen LogP) is 2.15. The molecule has 0 radical (unpaired) electrons. The average Bonchev–Trinajstić information content (AvgIpc) is 2.82. The van der Waals surface area contributed by atoms with Gasteiger partial charge >= 0.3 is 17.8 Å². The summed E-state index contributed by atoms with van der Waals surface area (Å²) < 4.78 is 5.68. The quantitative estimate of drug-likeness (QED) is 0.719. The number of nitrogens with one attached hydrogen (secondary N) is 2. The molecule has 7 nitrogen and oxygen atoms in total. The maximum Gasteiger partial charge on any atom is 0.339 e. The second kappa shape index (κ2) is 6.90. The summed E-state index contributed by atoms with van der Waals surface area (Å²) in [5.74, 6) is -2.76. The van der Waals surface area contributed by atoms with Crippen molar-refractivity contribution in [3.63, 3.8) is 0 Å². The highest BCUT2D eigenvalue weighted by Gasteiger charge is 2.34. The Morgan fingerprint density at radius 3 is 2.58 bits per heavy atom. The SMILES string of the molecule is CC[C@H](C)NC(=O)C(=O)Nc1sc2c(c1C(=O)O)CC(C)(C)OC2. The molecule has 0 saturated carbocycles. The van der Waals surface area contributed by atoms with E-state index in [4.69, 9.17) is 4.74 Å². The smallest absolute Gasteiger partial charge is 0.339 e. The Labute approximate surface area is 144 Å². The third-order valence-electron chi connectivity index (χ3n) is 3.92. The highest BCUT2D eigenvalue weighted by molar-refractivity contribution is 7.17. The van der Waals surface area contributed by atoms with Crippen LogP contribution in [0.3, 0.4) is 0 Å². The number of carboxylic acids is 1. The number of hydrogen-bond acceptors (Lipinski definition) is 5. The Kier molecular flexibility index (Phi) is 5.29. The van der Waals surface area contributed by atoms with Crippen molar-refractivity contribution in [2.45, 2.75) is 58.8 Å². The first-order valence-corrected chi connectivity index (χ1v) is 8.60. The minimum Gasteiger partial charge on any atom is -0.478 e. The van der Waals surface area contributed by atoms with E-state index in [-0.39, 0.29) is 16.6 Å². The molecule has 0 saturated heterocycles. The van der Waals surface area contributed by atoms with Gasteiger partial charge in [-0.05, 0) is 32.8 Å². The largest absolute Gasteiger partial charge is 0.478 e. The number of anilines is 1. The lowest BCUT2D eigenvalue weighted by molar-refractivity contribution is -0.136. The van der Waals surface area contributed by atoms with E-state index in [0.717, 1.165) is 16.2 Å². The van der Waals surface area contributed by atoms with Crippen molar-refractivity contribution in [3.8, 4) is 0 Å². The van der Waals surface area contributed by atoms with E-state index in [1.165, 1.54) is 0 Å². The topological polar surface area (TPSA) is 105 Å². The first kappa shape index (κ1) is 18.4. The molecule has 1 aromatic heterocycles. The Morgan fingerprint density at radius 2 is 2.00 bits per heavy atom. The van der Waals surface area contributed by atoms with Crippen molar-refractivity contribution in [2.24, 2.45) is 0 Å². The molecule has 8 heteroatoms. The fraction of sp³-hybridized carbons (Fsp3) is 0.562. The summed E-state index contributed by atoms with van der Waals surface area (Å²) in [6, 6.07) is -0.132. The standard InChI is InChI=1S/C16H22N2O5S/c1-5-8(2)17-12(19)13(20)18-14-11(15(21)22)9-6-16(3,4)23-7-10(9)24-14/h8H,5-7H2,1-4H3,(H,17,19)(H,18,20)(H,21,22)/t8-/m0/s1. The lowest BCUT2D eigenvalue weighted by Crippen LogP contribution is -2.40. The van der Waals surface area contributed by atoms with E-state index in [2.05, 4.69) is 10.6 Å². The minimum atomic E-state index is -1.12. The van der Waals surface area contributed by atoms with Gasteiger partial charge in [0.15, 0.2) is 0 Å². The van der Waals surface area contributed by atoms with Crippen LogP contribution in [0.1, 0.15) is 54.9 Å². The van der Waals surface area contributed by atoms with E-state index in [9.17, 15) is 19.5 Å².